The number of hydrogen-bond donors (Lipinski definition) is 1. The third-order valence-corrected chi connectivity index (χ3v) is 3.51. The summed E-state index contributed by atoms with van der Waals surface area (Å²) in [7, 11) is 0. The van der Waals surface area contributed by atoms with Gasteiger partial charge in [-0.2, -0.15) is 0 Å². The van der Waals surface area contributed by atoms with Gasteiger partial charge in [-0.05, 0) is 31.2 Å². The third-order valence-electron chi connectivity index (χ3n) is 3.51. The largest absolute Gasteiger partial charge is 0.395 e. The predicted octanol–water partition coefficient (Wildman–Crippen LogP) is 2.13. The molecule has 0 radical (unpaired) electrons. The first kappa shape index (κ1) is 12.0. The number of aliphatic hydroxyl groups excluding tert-OH is 1. The molecular formula is C12H25NO. The van der Waals surface area contributed by atoms with Crippen LogP contribution in [-0.4, -0.2) is 35.7 Å². The van der Waals surface area contributed by atoms with Gasteiger partial charge >= 0.3 is 0 Å². The summed E-state index contributed by atoms with van der Waals surface area (Å²) in [6.07, 6.45) is 3.83. The molecule has 2 nitrogen and oxygen atoms in total. The van der Waals surface area contributed by atoms with Gasteiger partial charge in [-0.25, -0.2) is 0 Å². The average Bonchev–Trinajstić information content (AvgIpc) is 2.47. The maximum absolute atomic E-state index is 9.31. The van der Waals surface area contributed by atoms with Gasteiger partial charge in [-0.3, -0.25) is 4.90 Å². The van der Waals surface area contributed by atoms with Gasteiger partial charge in [-0.1, -0.05) is 27.2 Å². The van der Waals surface area contributed by atoms with Gasteiger partial charge in [0, 0.05) is 12.6 Å². The van der Waals surface area contributed by atoms with Gasteiger partial charge in [-0.15, -0.1) is 0 Å². The van der Waals surface area contributed by atoms with Crippen molar-refractivity contribution in [2.45, 2.75) is 46.1 Å². The highest BCUT2D eigenvalue weighted by Crippen LogP contribution is 2.24. The van der Waals surface area contributed by atoms with Crippen molar-refractivity contribution in [1.82, 2.24) is 4.90 Å². The van der Waals surface area contributed by atoms with Crippen LogP contribution in [0.2, 0.25) is 0 Å². The number of likely N-dealkylation sites (tertiary alicyclic amines) is 1. The number of aliphatic hydroxyl groups is 1. The molecule has 0 bridgehead atoms. The standard InChI is InChI=1S/C12H25NO/c1-4-5-10(2)8-13-7-6-11(3)12(13)9-14/h10-12,14H,4-9H2,1-3H3. The van der Waals surface area contributed by atoms with Crippen LogP contribution in [0.25, 0.3) is 0 Å². The van der Waals surface area contributed by atoms with Crippen molar-refractivity contribution < 1.29 is 5.11 Å². The summed E-state index contributed by atoms with van der Waals surface area (Å²) in [5.74, 6) is 1.45. The molecule has 0 amide bonds. The van der Waals surface area contributed by atoms with Gasteiger partial charge in [0.2, 0.25) is 0 Å². The number of rotatable bonds is 5. The Morgan fingerprint density at radius 2 is 2.21 bits per heavy atom. The van der Waals surface area contributed by atoms with Crippen LogP contribution in [0.1, 0.15) is 40.0 Å². The summed E-state index contributed by atoms with van der Waals surface area (Å²) in [4.78, 5) is 2.48. The molecule has 1 aliphatic rings. The van der Waals surface area contributed by atoms with Gasteiger partial charge in [0.15, 0.2) is 0 Å². The van der Waals surface area contributed by atoms with E-state index in [9.17, 15) is 5.11 Å². The van der Waals surface area contributed by atoms with E-state index < -0.39 is 0 Å². The smallest absolute Gasteiger partial charge is 0.0589 e. The summed E-state index contributed by atoms with van der Waals surface area (Å²) in [6.45, 7) is 9.50. The minimum absolute atomic E-state index is 0.333. The van der Waals surface area contributed by atoms with Crippen molar-refractivity contribution in [3.63, 3.8) is 0 Å². The van der Waals surface area contributed by atoms with Crippen molar-refractivity contribution in [2.75, 3.05) is 19.7 Å². The Morgan fingerprint density at radius 1 is 1.50 bits per heavy atom. The van der Waals surface area contributed by atoms with Gasteiger partial charge < -0.3 is 5.11 Å². The zero-order valence-corrected chi connectivity index (χ0v) is 9.87. The van der Waals surface area contributed by atoms with E-state index in [4.69, 9.17) is 0 Å². The van der Waals surface area contributed by atoms with Crippen molar-refractivity contribution in [3.05, 3.63) is 0 Å². The fourth-order valence-electron chi connectivity index (χ4n) is 2.59. The van der Waals surface area contributed by atoms with Crippen LogP contribution >= 0.6 is 0 Å². The summed E-state index contributed by atoms with van der Waals surface area (Å²) in [5.41, 5.74) is 0. The van der Waals surface area contributed by atoms with Crippen LogP contribution in [0.4, 0.5) is 0 Å². The molecule has 0 aliphatic carbocycles. The molecule has 3 unspecified atom stereocenters. The second kappa shape index (κ2) is 5.72. The molecule has 0 aromatic rings. The first-order valence-electron chi connectivity index (χ1n) is 6.04. The highest BCUT2D eigenvalue weighted by atomic mass is 16.3. The lowest BCUT2D eigenvalue weighted by molar-refractivity contribution is 0.125. The van der Waals surface area contributed by atoms with Crippen LogP contribution in [0.5, 0.6) is 0 Å². The molecule has 0 aromatic heterocycles. The lowest BCUT2D eigenvalue weighted by Gasteiger charge is -2.27. The van der Waals surface area contributed by atoms with Crippen molar-refractivity contribution in [1.29, 1.82) is 0 Å². The van der Waals surface area contributed by atoms with E-state index in [1.165, 1.54) is 32.4 Å². The lowest BCUT2D eigenvalue weighted by Crippen LogP contribution is -2.37. The molecule has 0 saturated carbocycles. The second-order valence-corrected chi connectivity index (χ2v) is 4.90. The van der Waals surface area contributed by atoms with E-state index >= 15 is 0 Å². The lowest BCUT2D eigenvalue weighted by atomic mass is 10.0. The second-order valence-electron chi connectivity index (χ2n) is 4.90. The molecule has 1 aliphatic heterocycles. The normalized spacial score (nSPS) is 30.9. The maximum Gasteiger partial charge on any atom is 0.0589 e. The van der Waals surface area contributed by atoms with Crippen LogP contribution in [0.3, 0.4) is 0 Å². The summed E-state index contributed by atoms with van der Waals surface area (Å²) < 4.78 is 0. The molecule has 84 valence electrons. The molecule has 1 N–H and O–H groups in total. The van der Waals surface area contributed by atoms with Crippen molar-refractivity contribution in [2.24, 2.45) is 11.8 Å². The first-order valence-corrected chi connectivity index (χ1v) is 6.04. The van der Waals surface area contributed by atoms with Crippen LogP contribution in [0, 0.1) is 11.8 Å². The SMILES string of the molecule is CCCC(C)CN1CCC(C)C1CO. The Hall–Kier alpha value is -0.0800. The Bertz CT molecular complexity index is 160. The average molecular weight is 199 g/mol. The van der Waals surface area contributed by atoms with Gasteiger partial charge in [0.25, 0.3) is 0 Å². The quantitative estimate of drug-likeness (QED) is 0.733. The zero-order valence-electron chi connectivity index (χ0n) is 9.87. The maximum atomic E-state index is 9.31. The van der Waals surface area contributed by atoms with Crippen LogP contribution in [-0.2, 0) is 0 Å². The molecule has 1 saturated heterocycles. The number of nitrogens with zero attached hydrogens (tertiary/aromatic N) is 1. The molecule has 0 aromatic carbocycles. The Labute approximate surface area is 88.3 Å². The van der Waals surface area contributed by atoms with Gasteiger partial charge in [0.05, 0.1) is 6.61 Å². The molecule has 1 fully saturated rings. The third kappa shape index (κ3) is 2.96. The molecule has 2 heteroatoms. The van der Waals surface area contributed by atoms with Crippen LogP contribution in [0.15, 0.2) is 0 Å². The topological polar surface area (TPSA) is 23.5 Å². The van der Waals surface area contributed by atoms with Gasteiger partial charge in [0.1, 0.15) is 0 Å². The number of hydrogen-bond acceptors (Lipinski definition) is 2. The fourth-order valence-corrected chi connectivity index (χ4v) is 2.59. The molecule has 1 heterocycles. The highest BCUT2D eigenvalue weighted by molar-refractivity contribution is 4.84. The zero-order chi connectivity index (χ0) is 10.6. The van der Waals surface area contributed by atoms with E-state index in [2.05, 4.69) is 25.7 Å². The van der Waals surface area contributed by atoms with E-state index in [-0.39, 0.29) is 0 Å². The van der Waals surface area contributed by atoms with E-state index in [1.807, 2.05) is 0 Å². The summed E-state index contributed by atoms with van der Waals surface area (Å²) >= 11 is 0. The predicted molar refractivity (Wildman–Crippen MR) is 60.3 cm³/mol. The molecule has 3 atom stereocenters. The first-order chi connectivity index (χ1) is 6.69. The highest BCUT2D eigenvalue weighted by Gasteiger charge is 2.30. The molecule has 1 rings (SSSR count). The Kier molecular flexibility index (Phi) is 4.90. The minimum Gasteiger partial charge on any atom is -0.395 e. The van der Waals surface area contributed by atoms with Crippen LogP contribution < -0.4 is 0 Å². The molecule has 14 heavy (non-hydrogen) atoms. The Balaban J connectivity index is 2.36. The Morgan fingerprint density at radius 3 is 2.79 bits per heavy atom. The van der Waals surface area contributed by atoms with E-state index in [0.717, 1.165) is 5.92 Å². The molecule has 0 spiro atoms. The summed E-state index contributed by atoms with van der Waals surface area (Å²) in [5, 5.41) is 9.31. The monoisotopic (exact) mass is 199 g/mol. The minimum atomic E-state index is 0.333. The van der Waals surface area contributed by atoms with Crippen molar-refractivity contribution >= 4 is 0 Å². The van der Waals surface area contributed by atoms with E-state index in [1.54, 1.807) is 0 Å². The fraction of sp³-hybridized carbons (Fsp3) is 1.00. The summed E-state index contributed by atoms with van der Waals surface area (Å²) in [6, 6.07) is 0.425. The molecular weight excluding hydrogens is 174 g/mol. The van der Waals surface area contributed by atoms with Crippen molar-refractivity contribution in [3.8, 4) is 0 Å². The van der Waals surface area contributed by atoms with E-state index in [0.29, 0.717) is 18.6 Å².